The smallest absolute Gasteiger partial charge is 0.296 e. The molecule has 1 aliphatic heterocycles. The number of aliphatic hydroxyl groups excluding tert-OH is 1. The summed E-state index contributed by atoms with van der Waals surface area (Å²) >= 11 is 2.73. The van der Waals surface area contributed by atoms with Crippen molar-refractivity contribution >= 4 is 46.0 Å². The highest BCUT2D eigenvalue weighted by Gasteiger charge is 2.45. The zero-order chi connectivity index (χ0) is 31.1. The topological polar surface area (TPSA) is 102 Å². The summed E-state index contributed by atoms with van der Waals surface area (Å²) < 4.78 is 12.3. The van der Waals surface area contributed by atoms with Crippen LogP contribution >= 0.6 is 23.1 Å². The predicted octanol–water partition coefficient (Wildman–Crippen LogP) is 7.45. The molecule has 44 heavy (non-hydrogen) atoms. The minimum absolute atomic E-state index is 0.0496. The fraction of sp³-hybridized carbons (Fsp3) is 0.235. The highest BCUT2D eigenvalue weighted by Crippen LogP contribution is 2.45. The zero-order valence-corrected chi connectivity index (χ0v) is 26.3. The van der Waals surface area contributed by atoms with Gasteiger partial charge in [-0.1, -0.05) is 110 Å². The second kappa shape index (κ2) is 14.4. The summed E-state index contributed by atoms with van der Waals surface area (Å²) in [5.41, 5.74) is 2.45. The average Bonchev–Trinajstić information content (AvgIpc) is 3.61. The number of thioether (sulfide) groups is 1. The number of hydrogen-bond acceptors (Lipinski definition) is 9. The molecule has 0 saturated carbocycles. The molecule has 1 amide bonds. The van der Waals surface area contributed by atoms with Crippen LogP contribution in [0.4, 0.5) is 5.13 Å². The number of methoxy groups -OCH3 is 1. The molecule has 10 heteroatoms. The fourth-order valence-corrected chi connectivity index (χ4v) is 6.47. The van der Waals surface area contributed by atoms with Gasteiger partial charge in [-0.25, -0.2) is 0 Å². The van der Waals surface area contributed by atoms with Crippen molar-refractivity contribution in [3.05, 3.63) is 113 Å². The summed E-state index contributed by atoms with van der Waals surface area (Å²) in [5, 5.41) is 20.0. The number of aliphatic hydroxyl groups is 1. The lowest BCUT2D eigenvalue weighted by Gasteiger charge is -2.24. The van der Waals surface area contributed by atoms with Gasteiger partial charge in [0.25, 0.3) is 5.91 Å². The first-order valence-corrected chi connectivity index (χ1v) is 16.0. The number of carbonyl (C=O) groups excluding carboxylic acids is 2. The third-order valence-electron chi connectivity index (χ3n) is 6.96. The van der Waals surface area contributed by atoms with Crippen molar-refractivity contribution in [3.63, 3.8) is 0 Å². The molecule has 0 saturated heterocycles. The molecule has 8 nitrogen and oxygen atoms in total. The standard InChI is InChI=1S/C34H33N3O5S2/c1-22(2)18-19-42-27-17-15-25(20-28(27)41-3)30-29(26(38)16-14-23-10-6-4-7-11-23)31(39)32(40)37(30)33-35-36-34(44-33)43-21-24-12-8-5-9-13-24/h4-17,20,22,30,39H,18-19,21H2,1-3H3/b16-14+. The normalized spacial score (nSPS) is 15.0. The maximum Gasteiger partial charge on any atom is 0.296 e. The van der Waals surface area contributed by atoms with E-state index >= 15 is 0 Å². The van der Waals surface area contributed by atoms with Gasteiger partial charge in [0.2, 0.25) is 5.13 Å². The lowest BCUT2D eigenvalue weighted by atomic mass is 9.95. The quantitative estimate of drug-likeness (QED) is 0.0927. The molecule has 1 atom stereocenters. The Kier molecular flexibility index (Phi) is 10.1. The van der Waals surface area contributed by atoms with E-state index in [-0.39, 0.29) is 10.7 Å². The first-order chi connectivity index (χ1) is 21.4. The van der Waals surface area contributed by atoms with Crippen LogP contribution in [0.3, 0.4) is 0 Å². The molecule has 1 unspecified atom stereocenters. The third kappa shape index (κ3) is 7.20. The van der Waals surface area contributed by atoms with Crippen molar-refractivity contribution < 1.29 is 24.2 Å². The van der Waals surface area contributed by atoms with Crippen LogP contribution in [0.2, 0.25) is 0 Å². The Bertz CT molecular complexity index is 1670. The van der Waals surface area contributed by atoms with E-state index in [1.807, 2.05) is 60.7 Å². The Morgan fingerprint density at radius 2 is 1.77 bits per heavy atom. The second-order valence-corrected chi connectivity index (χ2v) is 12.7. The van der Waals surface area contributed by atoms with E-state index in [1.54, 1.807) is 24.3 Å². The highest BCUT2D eigenvalue weighted by molar-refractivity contribution is 8.00. The summed E-state index contributed by atoms with van der Waals surface area (Å²) in [6.07, 6.45) is 3.90. The van der Waals surface area contributed by atoms with E-state index in [4.69, 9.17) is 9.47 Å². The van der Waals surface area contributed by atoms with Crippen LogP contribution in [-0.2, 0) is 15.3 Å². The minimum atomic E-state index is -0.964. The van der Waals surface area contributed by atoms with Crippen molar-refractivity contribution in [2.24, 2.45) is 5.92 Å². The monoisotopic (exact) mass is 627 g/mol. The van der Waals surface area contributed by atoms with Crippen LogP contribution in [0.5, 0.6) is 11.5 Å². The number of amides is 1. The Morgan fingerprint density at radius 1 is 1.05 bits per heavy atom. The number of nitrogens with zero attached hydrogens (tertiary/aromatic N) is 3. The van der Waals surface area contributed by atoms with Gasteiger partial charge in [0, 0.05) is 5.75 Å². The third-order valence-corrected chi connectivity index (χ3v) is 9.09. The Morgan fingerprint density at radius 3 is 2.48 bits per heavy atom. The maximum absolute atomic E-state index is 13.7. The van der Waals surface area contributed by atoms with E-state index < -0.39 is 23.5 Å². The SMILES string of the molecule is COc1cc(C2C(C(=O)/C=C/c3ccccc3)=C(O)C(=O)N2c2nnc(SCc3ccccc3)s2)ccc1OCCC(C)C. The minimum Gasteiger partial charge on any atom is -0.503 e. The zero-order valence-electron chi connectivity index (χ0n) is 24.7. The summed E-state index contributed by atoms with van der Waals surface area (Å²) in [5.74, 6) is 0.320. The molecule has 4 aromatic rings. The van der Waals surface area contributed by atoms with Gasteiger partial charge in [0.15, 0.2) is 27.4 Å². The second-order valence-electron chi connectivity index (χ2n) is 10.5. The molecule has 0 fully saturated rings. The Balaban J connectivity index is 1.49. The molecular weight excluding hydrogens is 595 g/mol. The number of anilines is 1. The molecule has 0 aliphatic carbocycles. The van der Waals surface area contributed by atoms with Crippen molar-refractivity contribution in [3.8, 4) is 11.5 Å². The van der Waals surface area contributed by atoms with E-state index in [9.17, 15) is 14.7 Å². The van der Waals surface area contributed by atoms with Gasteiger partial charge in [-0.2, -0.15) is 0 Å². The molecule has 0 radical (unpaired) electrons. The summed E-state index contributed by atoms with van der Waals surface area (Å²) in [6.45, 7) is 4.76. The van der Waals surface area contributed by atoms with Gasteiger partial charge in [-0.15, -0.1) is 10.2 Å². The molecule has 3 aromatic carbocycles. The van der Waals surface area contributed by atoms with E-state index in [0.29, 0.717) is 39.7 Å². The highest BCUT2D eigenvalue weighted by atomic mass is 32.2. The summed E-state index contributed by atoms with van der Waals surface area (Å²) in [6, 6.07) is 23.6. The van der Waals surface area contributed by atoms with Crippen LogP contribution in [0, 0.1) is 5.92 Å². The number of rotatable bonds is 13. The van der Waals surface area contributed by atoms with Crippen LogP contribution in [0.25, 0.3) is 6.08 Å². The predicted molar refractivity (Wildman–Crippen MR) is 174 cm³/mol. The summed E-state index contributed by atoms with van der Waals surface area (Å²) in [7, 11) is 1.54. The van der Waals surface area contributed by atoms with Gasteiger partial charge in [-0.3, -0.25) is 14.5 Å². The Hall–Kier alpha value is -4.41. The molecule has 1 aliphatic rings. The molecule has 226 valence electrons. The van der Waals surface area contributed by atoms with Gasteiger partial charge < -0.3 is 14.6 Å². The average molecular weight is 628 g/mol. The number of allylic oxidation sites excluding steroid dienone is 1. The van der Waals surface area contributed by atoms with E-state index in [0.717, 1.165) is 17.5 Å². The van der Waals surface area contributed by atoms with Crippen LogP contribution in [0.15, 0.2) is 101 Å². The Labute approximate surface area is 265 Å². The molecule has 2 heterocycles. The molecule has 1 aromatic heterocycles. The largest absolute Gasteiger partial charge is 0.503 e. The van der Waals surface area contributed by atoms with E-state index in [1.165, 1.54) is 41.2 Å². The number of carbonyl (C=O) groups is 2. The van der Waals surface area contributed by atoms with Gasteiger partial charge in [0.05, 0.1) is 25.3 Å². The molecule has 1 N–H and O–H groups in total. The molecule has 5 rings (SSSR count). The number of ether oxygens (including phenoxy) is 2. The first-order valence-electron chi connectivity index (χ1n) is 14.2. The molecule has 0 bridgehead atoms. The fourth-order valence-electron chi connectivity index (χ4n) is 4.65. The van der Waals surface area contributed by atoms with Crippen molar-refractivity contribution in [1.29, 1.82) is 0 Å². The number of ketones is 1. The summed E-state index contributed by atoms with van der Waals surface area (Å²) in [4.78, 5) is 28.6. The van der Waals surface area contributed by atoms with Gasteiger partial charge >= 0.3 is 0 Å². The van der Waals surface area contributed by atoms with Crippen LogP contribution in [0.1, 0.15) is 43.0 Å². The number of aromatic nitrogens is 2. The van der Waals surface area contributed by atoms with E-state index in [2.05, 4.69) is 24.0 Å². The van der Waals surface area contributed by atoms with Crippen LogP contribution in [-0.4, -0.2) is 40.7 Å². The van der Waals surface area contributed by atoms with Crippen molar-refractivity contribution in [2.75, 3.05) is 18.6 Å². The van der Waals surface area contributed by atoms with Crippen molar-refractivity contribution in [1.82, 2.24) is 10.2 Å². The van der Waals surface area contributed by atoms with Gasteiger partial charge in [-0.05, 0) is 47.2 Å². The van der Waals surface area contributed by atoms with Crippen molar-refractivity contribution in [2.45, 2.75) is 36.4 Å². The molecule has 0 spiro atoms. The lowest BCUT2D eigenvalue weighted by molar-refractivity contribution is -0.117. The van der Waals surface area contributed by atoms with Gasteiger partial charge in [0.1, 0.15) is 0 Å². The first kappa shape index (κ1) is 31.0. The van der Waals surface area contributed by atoms with Crippen LogP contribution < -0.4 is 14.4 Å². The lowest BCUT2D eigenvalue weighted by Crippen LogP contribution is -2.30. The maximum atomic E-state index is 13.7. The number of hydrogen-bond donors (Lipinski definition) is 1. The number of benzene rings is 3. The molecular formula is C34H33N3O5S2.